The molecule has 1 amide bonds. The molecule has 6 heteroatoms. The highest BCUT2D eigenvalue weighted by Gasteiger charge is 2.45. The molecule has 33 heavy (non-hydrogen) atoms. The van der Waals surface area contributed by atoms with Crippen LogP contribution in [0.3, 0.4) is 0 Å². The number of carbonyl (C=O) groups excluding carboxylic acids is 2. The van der Waals surface area contributed by atoms with Gasteiger partial charge in [0.2, 0.25) is 5.91 Å². The number of amides is 1. The van der Waals surface area contributed by atoms with E-state index < -0.39 is 0 Å². The molecule has 1 heterocycles. The van der Waals surface area contributed by atoms with Gasteiger partial charge in [0.15, 0.2) is 5.78 Å². The van der Waals surface area contributed by atoms with Crippen molar-refractivity contribution < 1.29 is 23.8 Å². The minimum Gasteiger partial charge on any atom is -0.497 e. The van der Waals surface area contributed by atoms with E-state index in [1.807, 2.05) is 43.3 Å². The van der Waals surface area contributed by atoms with Gasteiger partial charge < -0.3 is 14.2 Å². The highest BCUT2D eigenvalue weighted by Crippen LogP contribution is 2.50. The number of ketones is 1. The molecule has 1 unspecified atom stereocenters. The first-order valence-corrected chi connectivity index (χ1v) is 11.3. The third kappa shape index (κ3) is 4.34. The van der Waals surface area contributed by atoms with Gasteiger partial charge in [0.1, 0.15) is 17.2 Å². The van der Waals surface area contributed by atoms with E-state index in [1.54, 1.807) is 25.2 Å². The molecule has 0 aromatic heterocycles. The number of para-hydroxylation sites is 1. The summed E-state index contributed by atoms with van der Waals surface area (Å²) in [5.41, 5.74) is 2.75. The molecular weight excluding hydrogens is 418 g/mol. The van der Waals surface area contributed by atoms with Gasteiger partial charge in [-0.3, -0.25) is 14.5 Å². The van der Waals surface area contributed by atoms with Gasteiger partial charge in [0.05, 0.1) is 26.5 Å². The molecule has 2 aromatic rings. The Labute approximate surface area is 195 Å². The number of rotatable bonds is 6. The number of hydrogen-bond donors (Lipinski definition) is 0. The van der Waals surface area contributed by atoms with Gasteiger partial charge in [-0.05, 0) is 24.8 Å². The Kier molecular flexibility index (Phi) is 6.19. The Morgan fingerprint density at radius 3 is 2.30 bits per heavy atom. The molecule has 2 aliphatic rings. The molecule has 4 rings (SSSR count). The van der Waals surface area contributed by atoms with Crippen molar-refractivity contribution in [2.24, 2.45) is 5.41 Å². The second-order valence-corrected chi connectivity index (χ2v) is 9.33. The summed E-state index contributed by atoms with van der Waals surface area (Å²) in [5, 5.41) is 0. The first-order chi connectivity index (χ1) is 15.8. The van der Waals surface area contributed by atoms with E-state index in [-0.39, 0.29) is 29.4 Å². The smallest absolute Gasteiger partial charge is 0.232 e. The van der Waals surface area contributed by atoms with Gasteiger partial charge in [-0.25, -0.2) is 0 Å². The van der Waals surface area contributed by atoms with Crippen LogP contribution in [0.2, 0.25) is 0 Å². The van der Waals surface area contributed by atoms with Crippen LogP contribution in [0.4, 0.5) is 5.69 Å². The minimum atomic E-state index is -0.331. The predicted molar refractivity (Wildman–Crippen MR) is 127 cm³/mol. The van der Waals surface area contributed by atoms with Gasteiger partial charge in [-0.15, -0.1) is 0 Å². The highest BCUT2D eigenvalue weighted by atomic mass is 16.5. The normalized spacial score (nSPS) is 19.9. The Morgan fingerprint density at radius 1 is 1.00 bits per heavy atom. The number of allylic oxidation sites excluding steroid dienone is 2. The molecule has 0 fully saturated rings. The summed E-state index contributed by atoms with van der Waals surface area (Å²) >= 11 is 0. The Hall–Kier alpha value is -3.28. The fourth-order valence-electron chi connectivity index (χ4n) is 4.96. The number of ether oxygens (including phenoxy) is 3. The maximum atomic E-state index is 13.7. The van der Waals surface area contributed by atoms with Crippen LogP contribution in [0.1, 0.15) is 51.5 Å². The molecule has 0 bridgehead atoms. The first-order valence-electron chi connectivity index (χ1n) is 11.3. The summed E-state index contributed by atoms with van der Waals surface area (Å²) < 4.78 is 16.7. The molecule has 1 aliphatic heterocycles. The fraction of sp³-hybridized carbons (Fsp3) is 0.407. The lowest BCUT2D eigenvalue weighted by Gasteiger charge is -2.43. The van der Waals surface area contributed by atoms with Crippen molar-refractivity contribution >= 4 is 17.4 Å². The molecule has 6 nitrogen and oxygen atoms in total. The summed E-state index contributed by atoms with van der Waals surface area (Å²) in [7, 11) is 3.16. The minimum absolute atomic E-state index is 0.0640. The van der Waals surface area contributed by atoms with E-state index in [0.29, 0.717) is 42.2 Å². The fourth-order valence-corrected chi connectivity index (χ4v) is 4.96. The van der Waals surface area contributed by atoms with Crippen LogP contribution < -0.4 is 19.1 Å². The van der Waals surface area contributed by atoms with E-state index in [1.165, 1.54) is 0 Å². The summed E-state index contributed by atoms with van der Waals surface area (Å²) in [4.78, 5) is 28.9. The molecule has 1 aliphatic carbocycles. The average Bonchev–Trinajstić information content (AvgIpc) is 2.77. The molecular formula is C27H31NO5. The standard InChI is InChI=1S/C27H31NO5/c1-6-33-24-10-8-7-9-20(24)21-14-25(30)28(17-11-18(31-4)13-19(12-17)32-5)22-15-27(2,3)16-23(29)26(21)22/h7-13,21H,6,14-16H2,1-5H3. The summed E-state index contributed by atoms with van der Waals surface area (Å²) in [6, 6.07) is 13.1. The second kappa shape index (κ2) is 8.93. The van der Waals surface area contributed by atoms with Crippen molar-refractivity contribution in [2.45, 2.75) is 46.0 Å². The maximum Gasteiger partial charge on any atom is 0.232 e. The monoisotopic (exact) mass is 449 g/mol. The van der Waals surface area contributed by atoms with Gasteiger partial charge in [-0.1, -0.05) is 32.0 Å². The van der Waals surface area contributed by atoms with Crippen LogP contribution >= 0.6 is 0 Å². The van der Waals surface area contributed by atoms with Crippen molar-refractivity contribution in [3.05, 3.63) is 59.3 Å². The summed E-state index contributed by atoms with van der Waals surface area (Å²) in [6.07, 6.45) is 1.25. The second-order valence-electron chi connectivity index (χ2n) is 9.33. The largest absolute Gasteiger partial charge is 0.497 e. The third-order valence-corrected chi connectivity index (χ3v) is 6.33. The molecule has 0 N–H and O–H groups in total. The van der Waals surface area contributed by atoms with Gasteiger partial charge in [0, 0.05) is 53.8 Å². The zero-order chi connectivity index (χ0) is 23.8. The highest BCUT2D eigenvalue weighted by molar-refractivity contribution is 6.08. The van der Waals surface area contributed by atoms with Crippen molar-refractivity contribution in [3.63, 3.8) is 0 Å². The molecule has 2 aromatic carbocycles. The van der Waals surface area contributed by atoms with Crippen molar-refractivity contribution in [1.82, 2.24) is 0 Å². The Morgan fingerprint density at radius 2 is 1.67 bits per heavy atom. The van der Waals surface area contributed by atoms with Gasteiger partial charge in [-0.2, -0.15) is 0 Å². The zero-order valence-corrected chi connectivity index (χ0v) is 19.9. The lowest BCUT2D eigenvalue weighted by molar-refractivity contribution is -0.121. The van der Waals surface area contributed by atoms with Crippen molar-refractivity contribution in [3.8, 4) is 17.2 Å². The number of anilines is 1. The molecule has 0 spiro atoms. The quantitative estimate of drug-likeness (QED) is 0.601. The van der Waals surface area contributed by atoms with Crippen LogP contribution in [-0.2, 0) is 9.59 Å². The zero-order valence-electron chi connectivity index (χ0n) is 19.9. The number of hydrogen-bond acceptors (Lipinski definition) is 5. The maximum absolute atomic E-state index is 13.7. The van der Waals surface area contributed by atoms with Crippen molar-refractivity contribution in [2.75, 3.05) is 25.7 Å². The van der Waals surface area contributed by atoms with E-state index in [4.69, 9.17) is 14.2 Å². The van der Waals surface area contributed by atoms with Gasteiger partial charge >= 0.3 is 0 Å². The number of carbonyl (C=O) groups is 2. The average molecular weight is 450 g/mol. The van der Waals surface area contributed by atoms with Crippen LogP contribution in [-0.4, -0.2) is 32.5 Å². The van der Waals surface area contributed by atoms with E-state index in [0.717, 1.165) is 17.0 Å². The van der Waals surface area contributed by atoms with Crippen LogP contribution in [0.15, 0.2) is 53.7 Å². The summed E-state index contributed by atoms with van der Waals surface area (Å²) in [6.45, 7) is 6.59. The van der Waals surface area contributed by atoms with E-state index >= 15 is 0 Å². The SMILES string of the molecule is CCOc1ccccc1C1CC(=O)N(c2cc(OC)cc(OC)c2)C2=C1C(=O)CC(C)(C)C2. The van der Waals surface area contributed by atoms with E-state index in [2.05, 4.69) is 13.8 Å². The number of methoxy groups -OCH3 is 2. The van der Waals surface area contributed by atoms with Crippen molar-refractivity contribution in [1.29, 1.82) is 0 Å². The molecule has 0 radical (unpaired) electrons. The Bertz CT molecular complexity index is 1090. The van der Waals surface area contributed by atoms with Crippen LogP contribution in [0.25, 0.3) is 0 Å². The third-order valence-electron chi connectivity index (χ3n) is 6.33. The van der Waals surface area contributed by atoms with Crippen LogP contribution in [0, 0.1) is 5.41 Å². The van der Waals surface area contributed by atoms with Gasteiger partial charge in [0.25, 0.3) is 0 Å². The first kappa shape index (κ1) is 22.9. The molecule has 174 valence electrons. The topological polar surface area (TPSA) is 65.1 Å². The Balaban J connectivity index is 1.92. The lowest BCUT2D eigenvalue weighted by atomic mass is 9.69. The summed E-state index contributed by atoms with van der Waals surface area (Å²) in [5.74, 6) is 1.59. The molecule has 1 atom stereocenters. The molecule has 0 saturated heterocycles. The predicted octanol–water partition coefficient (Wildman–Crippen LogP) is 5.27. The lowest BCUT2D eigenvalue weighted by Crippen LogP contribution is -2.43. The van der Waals surface area contributed by atoms with E-state index in [9.17, 15) is 9.59 Å². The van der Waals surface area contributed by atoms with Crippen LogP contribution in [0.5, 0.6) is 17.2 Å². The number of Topliss-reactive ketones (excluding diaryl/α,β-unsaturated/α-hetero) is 1. The number of nitrogens with zero attached hydrogens (tertiary/aromatic N) is 1. The molecule has 0 saturated carbocycles. The number of benzene rings is 2.